The highest BCUT2D eigenvalue weighted by atomic mass is 19.4. The van der Waals surface area contributed by atoms with Gasteiger partial charge in [0.25, 0.3) is 0 Å². The Morgan fingerprint density at radius 3 is 2.27 bits per heavy atom. The lowest BCUT2D eigenvalue weighted by Crippen LogP contribution is -2.46. The quantitative estimate of drug-likeness (QED) is 0.583. The molecule has 0 radical (unpaired) electrons. The Labute approximate surface area is 62.7 Å². The summed E-state index contributed by atoms with van der Waals surface area (Å²) >= 11 is 0. The van der Waals surface area contributed by atoms with Gasteiger partial charge in [-0.15, -0.1) is 0 Å². The maximum absolute atomic E-state index is 12.0. The molecular weight excluding hydrogens is 157 g/mol. The van der Waals surface area contributed by atoms with Crippen molar-refractivity contribution in [3.8, 4) is 0 Å². The molecule has 1 heterocycles. The van der Waals surface area contributed by atoms with Crippen LogP contribution in [-0.2, 0) is 0 Å². The number of rotatable bonds is 0. The third kappa shape index (κ3) is 1.58. The van der Waals surface area contributed by atoms with Crippen LogP contribution in [-0.4, -0.2) is 24.3 Å². The van der Waals surface area contributed by atoms with E-state index in [1.54, 1.807) is 6.92 Å². The van der Waals surface area contributed by atoms with Gasteiger partial charge in [0.05, 0.1) is 0 Å². The van der Waals surface area contributed by atoms with Crippen LogP contribution in [0.5, 0.6) is 0 Å². The fourth-order valence-corrected chi connectivity index (χ4v) is 1.05. The summed E-state index contributed by atoms with van der Waals surface area (Å²) in [5.41, 5.74) is 0.537. The Bertz CT molecular complexity index is 185. The van der Waals surface area contributed by atoms with Crippen molar-refractivity contribution in [3.63, 3.8) is 0 Å². The van der Waals surface area contributed by atoms with Crippen LogP contribution in [0.3, 0.4) is 0 Å². The lowest BCUT2D eigenvalue weighted by molar-refractivity contribution is -0.176. The van der Waals surface area contributed by atoms with Gasteiger partial charge in [-0.3, -0.25) is 0 Å². The van der Waals surface area contributed by atoms with E-state index in [1.165, 1.54) is 13.2 Å². The zero-order chi connectivity index (χ0) is 8.65. The maximum Gasteiger partial charge on any atom is 0.427 e. The lowest BCUT2D eigenvalue weighted by atomic mass is 10.4. The van der Waals surface area contributed by atoms with E-state index in [0.717, 1.165) is 4.90 Å². The normalized spacial score (nSPS) is 25.0. The molecule has 1 unspecified atom stereocenters. The monoisotopic (exact) mass is 166 g/mol. The SMILES string of the molecule is CC1=CN(C)C(C(F)(F)F)N1. The molecule has 0 spiro atoms. The highest BCUT2D eigenvalue weighted by molar-refractivity contribution is 5.05. The second-order valence-corrected chi connectivity index (χ2v) is 2.57. The van der Waals surface area contributed by atoms with E-state index in [2.05, 4.69) is 5.32 Å². The highest BCUT2D eigenvalue weighted by Crippen LogP contribution is 2.26. The molecule has 5 heteroatoms. The molecule has 1 atom stereocenters. The van der Waals surface area contributed by atoms with Gasteiger partial charge in [-0.05, 0) is 6.92 Å². The van der Waals surface area contributed by atoms with Gasteiger partial charge in [0.1, 0.15) is 0 Å². The molecule has 0 saturated heterocycles. The number of alkyl halides is 3. The predicted molar refractivity (Wildman–Crippen MR) is 34.5 cm³/mol. The molecule has 1 aliphatic rings. The number of halogens is 3. The first kappa shape index (κ1) is 8.23. The van der Waals surface area contributed by atoms with E-state index < -0.39 is 12.3 Å². The standard InChI is InChI=1S/C6H9F3N2/c1-4-3-11(2)5(10-4)6(7,8)9/h3,5,10H,1-2H3. The molecule has 1 rings (SSSR count). The van der Waals surface area contributed by atoms with Crippen LogP contribution in [0.15, 0.2) is 11.9 Å². The number of allylic oxidation sites excluding steroid dienone is 1. The van der Waals surface area contributed by atoms with Gasteiger partial charge in [0, 0.05) is 18.9 Å². The minimum absolute atomic E-state index is 0.537. The topological polar surface area (TPSA) is 15.3 Å². The van der Waals surface area contributed by atoms with Crippen molar-refractivity contribution in [2.24, 2.45) is 0 Å². The summed E-state index contributed by atoms with van der Waals surface area (Å²) in [6.07, 6.45) is -4.33. The Morgan fingerprint density at radius 1 is 1.55 bits per heavy atom. The lowest BCUT2D eigenvalue weighted by Gasteiger charge is -2.23. The van der Waals surface area contributed by atoms with Crippen molar-refractivity contribution in [2.75, 3.05) is 7.05 Å². The molecule has 64 valence electrons. The Hall–Kier alpha value is -0.870. The van der Waals surface area contributed by atoms with Crippen molar-refractivity contribution < 1.29 is 13.2 Å². The van der Waals surface area contributed by atoms with Crippen LogP contribution < -0.4 is 5.32 Å². The summed E-state index contributed by atoms with van der Waals surface area (Å²) in [6, 6.07) is 0. The second kappa shape index (κ2) is 2.32. The third-order valence-corrected chi connectivity index (χ3v) is 1.48. The molecule has 1 N–H and O–H groups in total. The summed E-state index contributed by atoms with van der Waals surface area (Å²) in [5.74, 6) is 0. The van der Waals surface area contributed by atoms with Gasteiger partial charge in [-0.2, -0.15) is 13.2 Å². The van der Waals surface area contributed by atoms with Gasteiger partial charge in [0.2, 0.25) is 0 Å². The zero-order valence-corrected chi connectivity index (χ0v) is 6.24. The molecule has 0 saturated carbocycles. The van der Waals surface area contributed by atoms with Crippen molar-refractivity contribution in [1.82, 2.24) is 10.2 Å². The summed E-state index contributed by atoms with van der Waals surface area (Å²) < 4.78 is 36.1. The fourth-order valence-electron chi connectivity index (χ4n) is 1.05. The van der Waals surface area contributed by atoms with E-state index in [0.29, 0.717) is 5.70 Å². The van der Waals surface area contributed by atoms with E-state index in [-0.39, 0.29) is 0 Å². The van der Waals surface area contributed by atoms with Gasteiger partial charge in [0.15, 0.2) is 6.17 Å². The fraction of sp³-hybridized carbons (Fsp3) is 0.667. The van der Waals surface area contributed by atoms with E-state index in [4.69, 9.17) is 0 Å². The van der Waals surface area contributed by atoms with Crippen LogP contribution in [0.2, 0.25) is 0 Å². The number of nitrogens with zero attached hydrogens (tertiary/aromatic N) is 1. The summed E-state index contributed by atoms with van der Waals surface area (Å²) in [5, 5.41) is 2.31. The first-order valence-electron chi connectivity index (χ1n) is 3.15. The van der Waals surface area contributed by atoms with E-state index >= 15 is 0 Å². The molecule has 1 aliphatic heterocycles. The van der Waals surface area contributed by atoms with Gasteiger partial charge >= 0.3 is 6.18 Å². The van der Waals surface area contributed by atoms with Crippen molar-refractivity contribution in [2.45, 2.75) is 19.3 Å². The van der Waals surface area contributed by atoms with E-state index in [9.17, 15) is 13.2 Å². The van der Waals surface area contributed by atoms with Crippen LogP contribution in [0, 0.1) is 0 Å². The second-order valence-electron chi connectivity index (χ2n) is 2.57. The van der Waals surface area contributed by atoms with Crippen molar-refractivity contribution in [1.29, 1.82) is 0 Å². The molecule has 2 nitrogen and oxygen atoms in total. The molecular formula is C6H9F3N2. The zero-order valence-electron chi connectivity index (χ0n) is 6.24. The van der Waals surface area contributed by atoms with E-state index in [1.807, 2.05) is 0 Å². The van der Waals surface area contributed by atoms with Crippen LogP contribution in [0.1, 0.15) is 6.92 Å². The van der Waals surface area contributed by atoms with Crippen LogP contribution >= 0.6 is 0 Å². The van der Waals surface area contributed by atoms with Crippen LogP contribution in [0.25, 0.3) is 0 Å². The first-order valence-corrected chi connectivity index (χ1v) is 3.15. The molecule has 0 fully saturated rings. The maximum atomic E-state index is 12.0. The predicted octanol–water partition coefficient (Wildman–Crippen LogP) is 1.27. The number of nitrogens with one attached hydrogen (secondary N) is 1. The molecule has 0 bridgehead atoms. The minimum Gasteiger partial charge on any atom is -0.360 e. The molecule has 0 aromatic heterocycles. The molecule has 0 aromatic rings. The average Bonchev–Trinajstić information content (AvgIpc) is 2.08. The average molecular weight is 166 g/mol. The third-order valence-electron chi connectivity index (χ3n) is 1.48. The van der Waals surface area contributed by atoms with Crippen molar-refractivity contribution >= 4 is 0 Å². The Morgan fingerprint density at radius 2 is 2.09 bits per heavy atom. The van der Waals surface area contributed by atoms with Crippen molar-refractivity contribution in [3.05, 3.63) is 11.9 Å². The molecule has 0 amide bonds. The smallest absolute Gasteiger partial charge is 0.360 e. The van der Waals surface area contributed by atoms with Gasteiger partial charge in [-0.25, -0.2) is 0 Å². The number of hydrogen-bond acceptors (Lipinski definition) is 2. The molecule has 0 aliphatic carbocycles. The summed E-state index contributed by atoms with van der Waals surface area (Å²) in [6.45, 7) is 1.60. The van der Waals surface area contributed by atoms with Crippen LogP contribution in [0.4, 0.5) is 13.2 Å². The highest BCUT2D eigenvalue weighted by Gasteiger charge is 2.44. The largest absolute Gasteiger partial charge is 0.427 e. The first-order chi connectivity index (χ1) is 4.91. The number of hydrogen-bond donors (Lipinski definition) is 1. The molecule has 0 aromatic carbocycles. The van der Waals surface area contributed by atoms with Gasteiger partial charge in [-0.1, -0.05) is 0 Å². The van der Waals surface area contributed by atoms with Gasteiger partial charge < -0.3 is 10.2 Å². The summed E-state index contributed by atoms with van der Waals surface area (Å²) in [4.78, 5) is 1.11. The Kier molecular flexibility index (Phi) is 1.74. The Balaban J connectivity index is 2.67. The summed E-state index contributed by atoms with van der Waals surface area (Å²) in [7, 11) is 1.39. The molecule has 11 heavy (non-hydrogen) atoms. The minimum atomic E-state index is -4.21.